The van der Waals surface area contributed by atoms with E-state index in [4.69, 9.17) is 9.47 Å². The van der Waals surface area contributed by atoms with Gasteiger partial charge in [0.25, 0.3) is 0 Å². The molecule has 166 valence electrons. The summed E-state index contributed by atoms with van der Waals surface area (Å²) in [5.74, 6) is 0.538. The zero-order valence-corrected chi connectivity index (χ0v) is 18.1. The summed E-state index contributed by atoms with van der Waals surface area (Å²) in [6.07, 6.45) is 2.72. The second kappa shape index (κ2) is 8.95. The summed E-state index contributed by atoms with van der Waals surface area (Å²) in [5.41, 5.74) is 0.492. The lowest BCUT2D eigenvalue weighted by Gasteiger charge is -2.37. The van der Waals surface area contributed by atoms with Gasteiger partial charge in [-0.1, -0.05) is 12.1 Å². The van der Waals surface area contributed by atoms with E-state index in [0.717, 1.165) is 43.6 Å². The van der Waals surface area contributed by atoms with Crippen LogP contribution in [0.2, 0.25) is 0 Å². The normalized spacial score (nSPS) is 22.3. The van der Waals surface area contributed by atoms with Gasteiger partial charge in [-0.15, -0.1) is 0 Å². The number of nitrogens with zero attached hydrogens (tertiary/aromatic N) is 1. The van der Waals surface area contributed by atoms with E-state index in [9.17, 15) is 9.18 Å². The number of hydrogen-bond acceptors (Lipinski definition) is 4. The molecular formula is C25H29F2NO3. The van der Waals surface area contributed by atoms with Crippen LogP contribution in [0.1, 0.15) is 47.2 Å². The van der Waals surface area contributed by atoms with Gasteiger partial charge in [-0.05, 0) is 86.5 Å². The Morgan fingerprint density at radius 2 is 1.71 bits per heavy atom. The molecular weight excluding hydrogens is 400 g/mol. The van der Waals surface area contributed by atoms with E-state index in [0.29, 0.717) is 23.5 Å². The highest BCUT2D eigenvalue weighted by molar-refractivity contribution is 6.05. The van der Waals surface area contributed by atoms with E-state index in [1.807, 2.05) is 0 Å². The average Bonchev–Trinajstić information content (AvgIpc) is 2.78. The Morgan fingerprint density at radius 3 is 2.35 bits per heavy atom. The van der Waals surface area contributed by atoms with Crippen LogP contribution < -0.4 is 9.47 Å². The van der Waals surface area contributed by atoms with Crippen molar-refractivity contribution < 1.29 is 23.0 Å². The molecule has 1 saturated heterocycles. The van der Waals surface area contributed by atoms with Gasteiger partial charge in [-0.3, -0.25) is 9.69 Å². The van der Waals surface area contributed by atoms with E-state index in [-0.39, 0.29) is 24.6 Å². The molecule has 0 saturated carbocycles. The smallest absolute Gasteiger partial charge is 0.200 e. The Morgan fingerprint density at radius 1 is 1.06 bits per heavy atom. The maximum absolute atomic E-state index is 15.9. The third-order valence-corrected chi connectivity index (χ3v) is 6.69. The van der Waals surface area contributed by atoms with Crippen LogP contribution in [0.3, 0.4) is 0 Å². The third kappa shape index (κ3) is 4.59. The van der Waals surface area contributed by atoms with E-state index in [2.05, 4.69) is 4.90 Å². The Kier molecular flexibility index (Phi) is 6.28. The molecule has 2 aromatic carbocycles. The van der Waals surface area contributed by atoms with Gasteiger partial charge in [0.15, 0.2) is 23.0 Å². The zero-order chi connectivity index (χ0) is 22.0. The third-order valence-electron chi connectivity index (χ3n) is 6.69. The van der Waals surface area contributed by atoms with Crippen LogP contribution in [0.4, 0.5) is 8.78 Å². The fourth-order valence-electron chi connectivity index (χ4n) is 4.88. The summed E-state index contributed by atoms with van der Waals surface area (Å²) in [6.45, 7) is 2.48. The van der Waals surface area contributed by atoms with Gasteiger partial charge in [0.2, 0.25) is 0 Å². The molecule has 0 amide bonds. The fraction of sp³-hybridized carbons (Fsp3) is 0.480. The topological polar surface area (TPSA) is 38.8 Å². The van der Waals surface area contributed by atoms with E-state index in [1.165, 1.54) is 19.2 Å². The molecule has 1 atom stereocenters. The van der Waals surface area contributed by atoms with Gasteiger partial charge in [-0.25, -0.2) is 8.78 Å². The Hall–Kier alpha value is -2.47. The first-order valence-corrected chi connectivity index (χ1v) is 10.9. The number of carbonyl (C=O) groups excluding carboxylic acids is 1. The molecule has 6 heteroatoms. The second-order valence-corrected chi connectivity index (χ2v) is 8.71. The fourth-order valence-corrected chi connectivity index (χ4v) is 4.88. The van der Waals surface area contributed by atoms with E-state index >= 15 is 4.39 Å². The molecule has 4 nitrogen and oxygen atoms in total. The van der Waals surface area contributed by atoms with Crippen molar-refractivity contribution in [2.75, 3.05) is 27.3 Å². The maximum atomic E-state index is 15.9. The highest BCUT2D eigenvalue weighted by atomic mass is 19.1. The number of benzene rings is 2. The van der Waals surface area contributed by atoms with Crippen molar-refractivity contribution in [2.24, 2.45) is 5.92 Å². The minimum atomic E-state index is -1.82. The van der Waals surface area contributed by atoms with Crippen LogP contribution in [-0.2, 0) is 13.0 Å². The molecule has 1 heterocycles. The first-order chi connectivity index (χ1) is 14.9. The maximum Gasteiger partial charge on any atom is 0.200 e. The van der Waals surface area contributed by atoms with Gasteiger partial charge in [-0.2, -0.15) is 0 Å². The number of ether oxygens (including phenoxy) is 2. The summed E-state index contributed by atoms with van der Waals surface area (Å²) in [5, 5.41) is 0. The molecule has 4 rings (SSSR count). The number of likely N-dealkylation sites (tertiary alicyclic amines) is 1. The molecule has 0 bridgehead atoms. The molecule has 2 aliphatic rings. The molecule has 1 aliphatic carbocycles. The van der Waals surface area contributed by atoms with Gasteiger partial charge < -0.3 is 9.47 Å². The number of methoxy groups -OCH3 is 2. The summed E-state index contributed by atoms with van der Waals surface area (Å²) in [4.78, 5) is 15.4. The highest BCUT2D eigenvalue weighted by Crippen LogP contribution is 2.42. The van der Waals surface area contributed by atoms with Crippen LogP contribution in [-0.4, -0.2) is 43.7 Å². The van der Waals surface area contributed by atoms with Crippen molar-refractivity contribution in [3.8, 4) is 11.5 Å². The number of rotatable bonds is 6. The Labute approximate surface area is 182 Å². The van der Waals surface area contributed by atoms with Gasteiger partial charge in [0, 0.05) is 12.1 Å². The average molecular weight is 430 g/mol. The number of fused-ring (bicyclic) bond motifs is 1. The van der Waals surface area contributed by atoms with Crippen molar-refractivity contribution in [1.82, 2.24) is 4.90 Å². The lowest BCUT2D eigenvalue weighted by atomic mass is 9.74. The summed E-state index contributed by atoms with van der Waals surface area (Å²) < 4.78 is 39.6. The van der Waals surface area contributed by atoms with Crippen LogP contribution >= 0.6 is 0 Å². The summed E-state index contributed by atoms with van der Waals surface area (Å²) in [7, 11) is 3.07. The lowest BCUT2D eigenvalue weighted by Crippen LogP contribution is -2.42. The van der Waals surface area contributed by atoms with E-state index < -0.39 is 11.5 Å². The molecule has 0 spiro atoms. The zero-order valence-electron chi connectivity index (χ0n) is 18.1. The van der Waals surface area contributed by atoms with E-state index in [1.54, 1.807) is 31.4 Å². The second-order valence-electron chi connectivity index (χ2n) is 8.71. The monoisotopic (exact) mass is 429 g/mol. The van der Waals surface area contributed by atoms with Crippen molar-refractivity contribution in [1.29, 1.82) is 0 Å². The lowest BCUT2D eigenvalue weighted by molar-refractivity contribution is 0.0489. The number of carbonyl (C=O) groups is 1. The van der Waals surface area contributed by atoms with Crippen LogP contribution in [0.25, 0.3) is 0 Å². The number of piperidine rings is 1. The van der Waals surface area contributed by atoms with Crippen molar-refractivity contribution in [3.05, 3.63) is 58.9 Å². The first-order valence-electron chi connectivity index (χ1n) is 10.9. The minimum absolute atomic E-state index is 0.181. The highest BCUT2D eigenvalue weighted by Gasteiger charge is 2.45. The van der Waals surface area contributed by atoms with Gasteiger partial charge >= 0.3 is 0 Å². The number of aryl methyl sites for hydroxylation is 1. The number of alkyl halides is 1. The SMILES string of the molecule is COc1cc2c(cc1OC)C(=O)C(F)(CC1CCN(Cc3ccc(F)cc3)CC1)CC2. The predicted octanol–water partition coefficient (Wildman–Crippen LogP) is 4.98. The molecule has 1 unspecified atom stereocenters. The number of hydrogen-bond donors (Lipinski definition) is 0. The molecule has 0 radical (unpaired) electrons. The molecule has 1 aliphatic heterocycles. The predicted molar refractivity (Wildman–Crippen MR) is 115 cm³/mol. The number of halogens is 2. The van der Waals surface area contributed by atoms with Crippen molar-refractivity contribution in [2.45, 2.75) is 44.3 Å². The number of Topliss-reactive ketones (excluding diaryl/α,β-unsaturated/α-hetero) is 1. The van der Waals surface area contributed by atoms with Crippen LogP contribution in [0, 0.1) is 11.7 Å². The number of ketones is 1. The summed E-state index contributed by atoms with van der Waals surface area (Å²) in [6, 6.07) is 9.98. The molecule has 2 aromatic rings. The molecule has 1 fully saturated rings. The largest absolute Gasteiger partial charge is 0.493 e. The quantitative estimate of drug-likeness (QED) is 0.649. The van der Waals surface area contributed by atoms with Gasteiger partial charge in [0.05, 0.1) is 14.2 Å². The first kappa shape index (κ1) is 21.8. The van der Waals surface area contributed by atoms with Crippen molar-refractivity contribution >= 4 is 5.78 Å². The molecule has 31 heavy (non-hydrogen) atoms. The van der Waals surface area contributed by atoms with Crippen molar-refractivity contribution in [3.63, 3.8) is 0 Å². The van der Waals surface area contributed by atoms with Crippen LogP contribution in [0.5, 0.6) is 11.5 Å². The summed E-state index contributed by atoms with van der Waals surface area (Å²) >= 11 is 0. The molecule has 0 aromatic heterocycles. The van der Waals surface area contributed by atoms with Crippen LogP contribution in [0.15, 0.2) is 36.4 Å². The Bertz CT molecular complexity index is 939. The standard InChI is InChI=1S/C25H29F2NO3/c1-30-22-13-19-7-10-25(27,24(29)21(19)14-23(22)31-2)15-17-8-11-28(12-9-17)16-18-3-5-20(26)6-4-18/h3-6,13-14,17H,7-12,15-16H2,1-2H3. The minimum Gasteiger partial charge on any atom is -0.493 e. The Balaban J connectivity index is 1.38. The molecule has 0 N–H and O–H groups in total. The van der Waals surface area contributed by atoms with Gasteiger partial charge in [0.1, 0.15) is 5.82 Å².